The molecule has 0 bridgehead atoms. The van der Waals surface area contributed by atoms with E-state index in [0.29, 0.717) is 25.0 Å². The first-order valence-electron chi connectivity index (χ1n) is 14.6. The Bertz CT molecular complexity index is 490. The van der Waals surface area contributed by atoms with Crippen LogP contribution in [0.3, 0.4) is 0 Å². The number of carbonyl (C=O) groups excluding carboxylic acids is 2. The molecule has 200 valence electrons. The lowest BCUT2D eigenvalue weighted by molar-refractivity contribution is -0.156. The number of rotatable bonds is 18. The zero-order chi connectivity index (χ0) is 25.3. The number of unbranched alkanes of at least 4 members (excludes halogenated alkanes) is 2. The molecular weight excluding hydrogens is 424 g/mol. The molecule has 0 heterocycles. The fourth-order valence-corrected chi connectivity index (χ4v) is 4.80. The highest BCUT2D eigenvalue weighted by atomic mass is 16.5. The zero-order valence-electron chi connectivity index (χ0n) is 23.4. The van der Waals surface area contributed by atoms with Crippen molar-refractivity contribution in [2.45, 2.75) is 131 Å². The lowest BCUT2D eigenvalue weighted by atomic mass is 9.82. The first kappa shape index (κ1) is 31.0. The lowest BCUT2D eigenvalue weighted by Gasteiger charge is -2.26. The molecule has 0 saturated heterocycles. The van der Waals surface area contributed by atoms with Crippen LogP contribution in [0.4, 0.5) is 0 Å². The van der Waals surface area contributed by atoms with Crippen molar-refractivity contribution in [3.8, 4) is 0 Å². The maximum Gasteiger partial charge on any atom is 0.308 e. The van der Waals surface area contributed by atoms with E-state index in [9.17, 15) is 9.59 Å². The fraction of sp³-hybridized carbons (Fsp3) is 0.933. The van der Waals surface area contributed by atoms with Gasteiger partial charge in [-0.25, -0.2) is 0 Å². The lowest BCUT2D eigenvalue weighted by Crippen LogP contribution is -2.29. The average molecular weight is 481 g/mol. The molecule has 4 atom stereocenters. The zero-order valence-corrected chi connectivity index (χ0v) is 23.4. The normalized spacial score (nSPS) is 21.9. The molecule has 0 radical (unpaired) electrons. The summed E-state index contributed by atoms with van der Waals surface area (Å²) in [5.74, 6) is 2.24. The highest BCUT2D eigenvalue weighted by molar-refractivity contribution is 5.75. The van der Waals surface area contributed by atoms with E-state index in [2.05, 4.69) is 41.5 Å². The molecule has 1 saturated carbocycles. The summed E-state index contributed by atoms with van der Waals surface area (Å²) in [6.45, 7) is 14.5. The van der Waals surface area contributed by atoms with Gasteiger partial charge in [-0.3, -0.25) is 9.59 Å². The number of esters is 2. The standard InChI is InChI=1S/C30H56O4/c1-7-23(3)13-9-11-15-25(5)21-33-29(31)27-17-19-28(20-18-27)30(32)34-22-26(6)16-12-10-14-24(4)8-2/h23-28H,7-22H2,1-6H3. The van der Waals surface area contributed by atoms with Crippen molar-refractivity contribution in [3.05, 3.63) is 0 Å². The Morgan fingerprint density at radius 3 is 1.18 bits per heavy atom. The van der Waals surface area contributed by atoms with Crippen molar-refractivity contribution in [3.63, 3.8) is 0 Å². The molecule has 4 unspecified atom stereocenters. The minimum atomic E-state index is -0.0655. The van der Waals surface area contributed by atoms with Crippen LogP contribution >= 0.6 is 0 Å². The minimum absolute atomic E-state index is 0.0499. The summed E-state index contributed by atoms with van der Waals surface area (Å²) < 4.78 is 11.3. The monoisotopic (exact) mass is 480 g/mol. The second-order valence-electron chi connectivity index (χ2n) is 11.6. The van der Waals surface area contributed by atoms with Crippen LogP contribution in [0.5, 0.6) is 0 Å². The molecule has 34 heavy (non-hydrogen) atoms. The van der Waals surface area contributed by atoms with Crippen LogP contribution < -0.4 is 0 Å². The molecule has 0 aromatic heterocycles. The van der Waals surface area contributed by atoms with E-state index in [0.717, 1.165) is 50.4 Å². The quantitative estimate of drug-likeness (QED) is 0.146. The first-order valence-corrected chi connectivity index (χ1v) is 14.6. The Labute approximate surface area is 211 Å². The summed E-state index contributed by atoms with van der Waals surface area (Å²) in [4.78, 5) is 25.0. The summed E-state index contributed by atoms with van der Waals surface area (Å²) >= 11 is 0. The fourth-order valence-electron chi connectivity index (χ4n) is 4.80. The van der Waals surface area contributed by atoms with Gasteiger partial charge in [0.1, 0.15) is 0 Å². The van der Waals surface area contributed by atoms with Gasteiger partial charge in [0.25, 0.3) is 0 Å². The summed E-state index contributed by atoms with van der Waals surface area (Å²) in [7, 11) is 0. The van der Waals surface area contributed by atoms with E-state index in [-0.39, 0.29) is 23.8 Å². The smallest absolute Gasteiger partial charge is 0.308 e. The van der Waals surface area contributed by atoms with Crippen molar-refractivity contribution in [1.82, 2.24) is 0 Å². The van der Waals surface area contributed by atoms with Gasteiger partial charge in [0.2, 0.25) is 0 Å². The molecule has 4 heteroatoms. The van der Waals surface area contributed by atoms with Gasteiger partial charge in [-0.1, -0.05) is 92.9 Å². The molecular formula is C30H56O4. The molecule has 0 aliphatic heterocycles. The second-order valence-corrected chi connectivity index (χ2v) is 11.6. The molecule has 1 fully saturated rings. The minimum Gasteiger partial charge on any atom is -0.465 e. The summed E-state index contributed by atoms with van der Waals surface area (Å²) in [5, 5.41) is 0. The van der Waals surface area contributed by atoms with Gasteiger partial charge in [0, 0.05) is 0 Å². The second kappa shape index (κ2) is 18.2. The molecule has 0 spiro atoms. The SMILES string of the molecule is CCC(C)CCCCC(C)COC(=O)C1CCC(C(=O)OCC(C)CCCCC(C)CC)CC1. The number of carbonyl (C=O) groups is 2. The summed E-state index contributed by atoms with van der Waals surface area (Å²) in [6, 6.07) is 0. The third-order valence-electron chi connectivity index (χ3n) is 8.10. The molecule has 1 aliphatic rings. The average Bonchev–Trinajstić information content (AvgIpc) is 2.85. The predicted octanol–water partition coefficient (Wildman–Crippen LogP) is 8.36. The van der Waals surface area contributed by atoms with Crippen molar-refractivity contribution in [1.29, 1.82) is 0 Å². The predicted molar refractivity (Wildman–Crippen MR) is 142 cm³/mol. The molecule has 1 aliphatic carbocycles. The van der Waals surface area contributed by atoms with Crippen molar-refractivity contribution >= 4 is 11.9 Å². The summed E-state index contributed by atoms with van der Waals surface area (Å²) in [5.41, 5.74) is 0. The van der Waals surface area contributed by atoms with Gasteiger partial charge >= 0.3 is 11.9 Å². The van der Waals surface area contributed by atoms with Gasteiger partial charge < -0.3 is 9.47 Å². The third-order valence-corrected chi connectivity index (χ3v) is 8.10. The maximum atomic E-state index is 12.5. The van der Waals surface area contributed by atoms with Crippen molar-refractivity contribution in [2.75, 3.05) is 13.2 Å². The van der Waals surface area contributed by atoms with Crippen LogP contribution in [0, 0.1) is 35.5 Å². The Kier molecular flexibility index (Phi) is 16.6. The molecule has 0 aromatic carbocycles. The Morgan fingerprint density at radius 2 is 0.882 bits per heavy atom. The van der Waals surface area contributed by atoms with Gasteiger partial charge in [0.05, 0.1) is 25.0 Å². The maximum absolute atomic E-state index is 12.5. The highest BCUT2D eigenvalue weighted by Crippen LogP contribution is 2.31. The number of ether oxygens (including phenoxy) is 2. The molecule has 0 N–H and O–H groups in total. The van der Waals surface area contributed by atoms with Crippen molar-refractivity contribution < 1.29 is 19.1 Å². The van der Waals surface area contributed by atoms with Crippen molar-refractivity contribution in [2.24, 2.45) is 35.5 Å². The van der Waals surface area contributed by atoms with E-state index >= 15 is 0 Å². The van der Waals surface area contributed by atoms with Crippen LogP contribution in [-0.2, 0) is 19.1 Å². The van der Waals surface area contributed by atoms with E-state index in [1.807, 2.05) is 0 Å². The highest BCUT2D eigenvalue weighted by Gasteiger charge is 2.32. The van der Waals surface area contributed by atoms with Crippen LogP contribution in [0.25, 0.3) is 0 Å². The van der Waals surface area contributed by atoms with Crippen LogP contribution in [0.2, 0.25) is 0 Å². The van der Waals surface area contributed by atoms with E-state index in [1.165, 1.54) is 51.4 Å². The Morgan fingerprint density at radius 1 is 0.588 bits per heavy atom. The van der Waals surface area contributed by atoms with Gasteiger partial charge in [0.15, 0.2) is 0 Å². The third kappa shape index (κ3) is 13.7. The van der Waals surface area contributed by atoms with Gasteiger partial charge in [-0.15, -0.1) is 0 Å². The van der Waals surface area contributed by atoms with Crippen LogP contribution in [-0.4, -0.2) is 25.2 Å². The number of hydrogen-bond acceptors (Lipinski definition) is 4. The van der Waals surface area contributed by atoms with Gasteiger partial charge in [-0.05, 0) is 62.2 Å². The Balaban J connectivity index is 2.14. The largest absolute Gasteiger partial charge is 0.465 e. The van der Waals surface area contributed by atoms with Crippen LogP contribution in [0.15, 0.2) is 0 Å². The molecule has 0 amide bonds. The van der Waals surface area contributed by atoms with E-state index in [1.54, 1.807) is 0 Å². The van der Waals surface area contributed by atoms with E-state index in [4.69, 9.17) is 9.47 Å². The number of hydrogen-bond donors (Lipinski definition) is 0. The summed E-state index contributed by atoms with van der Waals surface area (Å²) in [6.07, 6.45) is 15.3. The Hall–Kier alpha value is -1.06. The van der Waals surface area contributed by atoms with Crippen LogP contribution in [0.1, 0.15) is 131 Å². The topological polar surface area (TPSA) is 52.6 Å². The molecule has 4 nitrogen and oxygen atoms in total. The van der Waals surface area contributed by atoms with E-state index < -0.39 is 0 Å². The molecule has 1 rings (SSSR count). The molecule has 0 aromatic rings. The first-order chi connectivity index (χ1) is 16.3. The van der Waals surface area contributed by atoms with Gasteiger partial charge in [-0.2, -0.15) is 0 Å².